The van der Waals surface area contributed by atoms with Crippen LogP contribution in [0.3, 0.4) is 0 Å². The van der Waals surface area contributed by atoms with Crippen molar-refractivity contribution in [3.05, 3.63) is 0 Å². The summed E-state index contributed by atoms with van der Waals surface area (Å²) < 4.78 is 10.9. The van der Waals surface area contributed by atoms with Crippen LogP contribution in [0.4, 0.5) is 0 Å². The molecule has 47 heavy (non-hydrogen) atoms. The molecule has 0 bridgehead atoms. The standard InChI is InChI=1S/2C18H39O2PS2.Ca/c2*1-3-5-7-9-11-13-15-17-20-21(19,22)23-18-16-14-12-10-8-6-4-2;/h2*3-18H2,1-2H3,(H,19,22);/q;;+2/p-2. The molecule has 0 aromatic rings. The predicted octanol–water partition coefficient (Wildman–Crippen LogP) is 13.3. The monoisotopic (exact) mass is 802 g/mol. The van der Waals surface area contributed by atoms with Gasteiger partial charge in [0.15, 0.2) is 0 Å². The third-order valence-electron chi connectivity index (χ3n) is 7.99. The number of rotatable bonds is 36. The quantitative estimate of drug-likeness (QED) is 0.0353. The molecule has 0 aliphatic rings. The molecule has 0 fully saturated rings. The van der Waals surface area contributed by atoms with Crippen molar-refractivity contribution < 1.29 is 18.8 Å². The number of hydrogen-bond acceptors (Lipinski definition) is 8. The Kier molecular flexibility index (Phi) is 50.4. The van der Waals surface area contributed by atoms with E-state index in [-0.39, 0.29) is 37.7 Å². The van der Waals surface area contributed by atoms with Crippen LogP contribution in [0.15, 0.2) is 0 Å². The van der Waals surface area contributed by atoms with Crippen LogP contribution in [0, 0.1) is 0 Å². The van der Waals surface area contributed by atoms with Crippen LogP contribution in [-0.2, 0) is 32.7 Å². The van der Waals surface area contributed by atoms with E-state index in [0.29, 0.717) is 13.2 Å². The van der Waals surface area contributed by atoms with Crippen molar-refractivity contribution in [3.8, 4) is 0 Å². The maximum Gasteiger partial charge on any atom is 2.00 e. The smallest absolute Gasteiger partial charge is 0.793 e. The van der Waals surface area contributed by atoms with Gasteiger partial charge < -0.3 is 18.8 Å². The molecule has 0 aromatic heterocycles. The van der Waals surface area contributed by atoms with Gasteiger partial charge in [-0.15, -0.1) is 22.8 Å². The first-order valence-electron chi connectivity index (χ1n) is 19.4. The summed E-state index contributed by atoms with van der Waals surface area (Å²) in [6, 6.07) is 0. The summed E-state index contributed by atoms with van der Waals surface area (Å²) in [6.45, 7) is 10.1. The topological polar surface area (TPSA) is 64.6 Å². The van der Waals surface area contributed by atoms with Gasteiger partial charge in [-0.25, -0.2) is 0 Å². The van der Waals surface area contributed by atoms with Crippen LogP contribution >= 0.6 is 34.2 Å². The molecule has 11 heteroatoms. The van der Waals surface area contributed by atoms with Crippen LogP contribution < -0.4 is 9.79 Å². The molecule has 0 spiro atoms. The molecule has 2 unspecified atom stereocenters. The summed E-state index contributed by atoms with van der Waals surface area (Å²) in [5, 5.41) is 0. The Morgan fingerprint density at radius 3 is 0.851 bits per heavy atom. The van der Waals surface area contributed by atoms with Crippen molar-refractivity contribution in [1.82, 2.24) is 0 Å². The van der Waals surface area contributed by atoms with E-state index in [2.05, 4.69) is 27.7 Å². The maximum atomic E-state index is 12.1. The SMILES string of the molecule is CCCCCCCCCOP([O-])(=S)SCCCCCCCCC.CCCCCCCCCOP([O-])(=S)SCCCCCCCCC.[Ca+2]. The normalized spacial score (nSPS) is 13.7. The van der Waals surface area contributed by atoms with Crippen LogP contribution in [-0.4, -0.2) is 62.5 Å². The second kappa shape index (κ2) is 43.5. The Hall–Kier alpha value is 3.10. The molecule has 0 heterocycles. The molecular weight excluding hydrogens is 727 g/mol. The first kappa shape index (κ1) is 54.4. The Bertz CT molecular complexity index is 591. The molecule has 280 valence electrons. The van der Waals surface area contributed by atoms with Crippen molar-refractivity contribution in [3.63, 3.8) is 0 Å². The molecule has 0 rings (SSSR count). The zero-order chi connectivity index (χ0) is 34.5. The average molecular weight is 803 g/mol. The first-order valence-corrected chi connectivity index (χ1v) is 27.9. The molecule has 0 aliphatic heterocycles. The number of hydrogen-bond donors (Lipinski definition) is 0. The Labute approximate surface area is 343 Å². The Morgan fingerprint density at radius 2 is 0.596 bits per heavy atom. The van der Waals surface area contributed by atoms with Gasteiger partial charge in [0.05, 0.1) is 13.2 Å². The Balaban J connectivity index is -0.000000807. The van der Waals surface area contributed by atoms with E-state index < -0.39 is 11.4 Å². The molecule has 0 radical (unpaired) electrons. The molecule has 0 aliphatic carbocycles. The fourth-order valence-corrected chi connectivity index (χ4v) is 11.8. The van der Waals surface area contributed by atoms with Gasteiger partial charge in [-0.2, -0.15) is 0 Å². The van der Waals surface area contributed by atoms with Gasteiger partial charge in [-0.05, 0) is 37.2 Å². The molecule has 0 amide bonds. The van der Waals surface area contributed by atoms with E-state index in [4.69, 9.17) is 32.7 Å². The molecule has 0 saturated heterocycles. The first-order chi connectivity index (χ1) is 22.2. The maximum absolute atomic E-state index is 12.1. The molecular formula is C36H76CaO4P2S4. The van der Waals surface area contributed by atoms with Crippen LogP contribution in [0.5, 0.6) is 0 Å². The average Bonchev–Trinajstić information content (AvgIpc) is 3.02. The van der Waals surface area contributed by atoms with Gasteiger partial charge in [0.1, 0.15) is 0 Å². The second-order valence-corrected chi connectivity index (χ2v) is 25.1. The van der Waals surface area contributed by atoms with Gasteiger partial charge >= 0.3 is 37.7 Å². The molecule has 4 nitrogen and oxygen atoms in total. The molecule has 2 atom stereocenters. The summed E-state index contributed by atoms with van der Waals surface area (Å²) >= 11 is 13.0. The van der Waals surface area contributed by atoms with E-state index in [1.54, 1.807) is 0 Å². The minimum Gasteiger partial charge on any atom is -0.793 e. The minimum absolute atomic E-state index is 0. The van der Waals surface area contributed by atoms with E-state index in [9.17, 15) is 9.79 Å². The summed E-state index contributed by atoms with van der Waals surface area (Å²) in [7, 11) is 0. The fraction of sp³-hybridized carbons (Fsp3) is 1.00. The van der Waals surface area contributed by atoms with E-state index in [1.165, 1.54) is 177 Å². The summed E-state index contributed by atoms with van der Waals surface area (Å²) in [5.74, 6) is 1.76. The minimum atomic E-state index is -2.82. The van der Waals surface area contributed by atoms with Crippen molar-refractivity contribution in [2.45, 2.75) is 207 Å². The van der Waals surface area contributed by atoms with Crippen molar-refractivity contribution in [2.75, 3.05) is 24.7 Å². The molecule has 0 N–H and O–H groups in total. The van der Waals surface area contributed by atoms with Gasteiger partial charge in [0, 0.05) is 11.4 Å². The predicted molar refractivity (Wildman–Crippen MR) is 223 cm³/mol. The molecule has 0 aromatic carbocycles. The zero-order valence-electron chi connectivity index (χ0n) is 31.5. The third-order valence-corrected chi connectivity index (χ3v) is 16.7. The van der Waals surface area contributed by atoms with Gasteiger partial charge in [-0.1, -0.05) is 205 Å². The number of unbranched alkanes of at least 4 members (excludes halogenated alkanes) is 24. The van der Waals surface area contributed by atoms with E-state index >= 15 is 0 Å². The van der Waals surface area contributed by atoms with Crippen LogP contribution in [0.25, 0.3) is 0 Å². The van der Waals surface area contributed by atoms with E-state index in [0.717, 1.165) is 37.2 Å². The summed E-state index contributed by atoms with van der Waals surface area (Å²) in [6.07, 6.45) is 35.3. The summed E-state index contributed by atoms with van der Waals surface area (Å²) in [4.78, 5) is 24.2. The zero-order valence-corrected chi connectivity index (χ0v) is 38.8. The van der Waals surface area contributed by atoms with Crippen molar-refractivity contribution >= 4 is 95.5 Å². The van der Waals surface area contributed by atoms with Gasteiger partial charge in [-0.3, -0.25) is 0 Å². The third kappa shape index (κ3) is 49.1. The van der Waals surface area contributed by atoms with Gasteiger partial charge in [0.25, 0.3) is 0 Å². The van der Waals surface area contributed by atoms with E-state index in [1.807, 2.05) is 0 Å². The molecule has 0 saturated carbocycles. The summed E-state index contributed by atoms with van der Waals surface area (Å²) in [5.41, 5.74) is -5.65. The van der Waals surface area contributed by atoms with Crippen LogP contribution in [0.2, 0.25) is 0 Å². The fourth-order valence-electron chi connectivity index (χ4n) is 5.02. The van der Waals surface area contributed by atoms with Crippen LogP contribution in [0.1, 0.15) is 207 Å². The second-order valence-electron chi connectivity index (χ2n) is 12.7. The Morgan fingerprint density at radius 1 is 0.383 bits per heavy atom. The van der Waals surface area contributed by atoms with Crippen molar-refractivity contribution in [1.29, 1.82) is 0 Å². The van der Waals surface area contributed by atoms with Gasteiger partial charge in [0.2, 0.25) is 0 Å². The largest absolute Gasteiger partial charge is 2.00 e. The van der Waals surface area contributed by atoms with Crippen molar-refractivity contribution in [2.24, 2.45) is 0 Å².